The van der Waals surface area contributed by atoms with E-state index in [9.17, 15) is 4.79 Å². The van der Waals surface area contributed by atoms with Crippen molar-refractivity contribution in [2.45, 2.75) is 26.2 Å². The average Bonchev–Trinajstić information content (AvgIpc) is 2.33. The third-order valence-corrected chi connectivity index (χ3v) is 1.95. The van der Waals surface area contributed by atoms with Crippen LogP contribution in [-0.2, 0) is 20.5 Å². The second kappa shape index (κ2) is 10.3. The van der Waals surface area contributed by atoms with Crippen molar-refractivity contribution in [1.82, 2.24) is 0 Å². The van der Waals surface area contributed by atoms with Gasteiger partial charge in [-0.1, -0.05) is 43.7 Å². The van der Waals surface area contributed by atoms with Crippen molar-refractivity contribution in [2.75, 3.05) is 6.61 Å². The summed E-state index contributed by atoms with van der Waals surface area (Å²) in [6.45, 7) is 2.62. The van der Waals surface area contributed by atoms with Crippen LogP contribution in [0.5, 0.6) is 0 Å². The third-order valence-electron chi connectivity index (χ3n) is 1.95. The van der Waals surface area contributed by atoms with Gasteiger partial charge in [0.2, 0.25) is 0 Å². The lowest BCUT2D eigenvalue weighted by molar-refractivity contribution is -0.142. The van der Waals surface area contributed by atoms with Gasteiger partial charge >= 0.3 is 5.97 Å². The quantitative estimate of drug-likeness (QED) is 0.451. The minimum absolute atomic E-state index is 0.135. The van der Waals surface area contributed by atoms with E-state index < -0.39 is 0 Å². The molecule has 0 heterocycles. The lowest BCUT2D eigenvalue weighted by Gasteiger charge is -2.03. The van der Waals surface area contributed by atoms with E-state index in [4.69, 9.17) is 9.30 Å². The number of carbonyl (C=O) groups is 1. The van der Waals surface area contributed by atoms with Crippen LogP contribution in [0.15, 0.2) is 30.3 Å². The molecule has 4 heteroatoms. The summed E-state index contributed by atoms with van der Waals surface area (Å²) in [4.78, 5) is 11.3. The number of carbonyl (C=O) groups excluding carboxylic acids is 1. The molecule has 0 fully saturated rings. The fourth-order valence-corrected chi connectivity index (χ4v) is 1.14. The van der Waals surface area contributed by atoms with Gasteiger partial charge in [0.25, 0.3) is 0 Å². The van der Waals surface area contributed by atoms with Gasteiger partial charge in [0.05, 0.1) is 13.0 Å². The molecule has 0 aliphatic carbocycles. The van der Waals surface area contributed by atoms with Gasteiger partial charge in [-0.3, -0.25) is 9.36 Å². The standard InChI is InChI=1S/C12H16O2.HOP/c1-2-3-9-14-12(13)10-11-7-5-4-6-8-11;1-2/h4-8H,2-3,9-10H2,1H3;2H. The first-order valence-electron chi connectivity index (χ1n) is 5.23. The molecule has 0 radical (unpaired) electrons. The smallest absolute Gasteiger partial charge is 0.310 e. The highest BCUT2D eigenvalue weighted by Gasteiger charge is 2.02. The van der Waals surface area contributed by atoms with E-state index in [1.165, 1.54) is 0 Å². The first kappa shape index (κ1) is 14.8. The van der Waals surface area contributed by atoms with Crippen LogP contribution in [0, 0.1) is 0 Å². The zero-order valence-electron chi connectivity index (χ0n) is 9.44. The molecule has 3 nitrogen and oxygen atoms in total. The highest BCUT2D eigenvalue weighted by molar-refractivity contribution is 7.00. The number of rotatable bonds is 5. The van der Waals surface area contributed by atoms with Gasteiger partial charge in [0, 0.05) is 0 Å². The average molecular weight is 240 g/mol. The molecule has 0 aliphatic heterocycles. The summed E-state index contributed by atoms with van der Waals surface area (Å²) in [7, 11) is 1.72. The molecule has 0 unspecified atom stereocenters. The summed E-state index contributed by atoms with van der Waals surface area (Å²) in [5.41, 5.74) is 1.01. The topological polar surface area (TPSA) is 43.4 Å². The second-order valence-corrected chi connectivity index (χ2v) is 3.24. The molecule has 0 N–H and O–H groups in total. The summed E-state index contributed by atoms with van der Waals surface area (Å²) >= 11 is 0. The van der Waals surface area contributed by atoms with Crippen molar-refractivity contribution in [3.63, 3.8) is 0 Å². The molecule has 0 amide bonds. The van der Waals surface area contributed by atoms with Gasteiger partial charge in [-0.15, -0.1) is 0 Å². The highest BCUT2D eigenvalue weighted by atomic mass is 31.0. The molecule has 0 bridgehead atoms. The Morgan fingerprint density at radius 2 is 1.88 bits per heavy atom. The minimum Gasteiger partial charge on any atom is -0.465 e. The predicted octanol–water partition coefficient (Wildman–Crippen LogP) is 3.05. The number of ether oxygens (including phenoxy) is 1. The zero-order chi connectivity index (χ0) is 12.2. The number of benzene rings is 1. The summed E-state index contributed by atoms with van der Waals surface area (Å²) in [6.07, 6.45) is 2.38. The summed E-state index contributed by atoms with van der Waals surface area (Å²) in [5.74, 6) is -0.135. The lowest BCUT2D eigenvalue weighted by atomic mass is 10.2. The van der Waals surface area contributed by atoms with Crippen molar-refractivity contribution in [2.24, 2.45) is 0 Å². The molecular weight excluding hydrogens is 223 g/mol. The van der Waals surface area contributed by atoms with Gasteiger partial charge in [-0.25, -0.2) is 0 Å². The first-order valence-corrected chi connectivity index (χ1v) is 5.63. The molecule has 88 valence electrons. The lowest BCUT2D eigenvalue weighted by Crippen LogP contribution is -2.08. The minimum atomic E-state index is -0.135. The van der Waals surface area contributed by atoms with E-state index in [1.54, 1.807) is 9.12 Å². The Labute approximate surface area is 98.4 Å². The Balaban J connectivity index is 0.00000106. The maximum Gasteiger partial charge on any atom is 0.310 e. The van der Waals surface area contributed by atoms with Gasteiger partial charge in [-0.2, -0.15) is 0 Å². The van der Waals surface area contributed by atoms with E-state index in [0.29, 0.717) is 13.0 Å². The molecule has 0 aromatic heterocycles. The number of hydrogen-bond donors (Lipinski definition) is 0. The van der Waals surface area contributed by atoms with Crippen LogP contribution in [0.1, 0.15) is 25.3 Å². The predicted molar refractivity (Wildman–Crippen MR) is 65.0 cm³/mol. The van der Waals surface area contributed by atoms with Crippen LogP contribution >= 0.6 is 9.12 Å². The van der Waals surface area contributed by atoms with Gasteiger partial charge < -0.3 is 4.74 Å². The van der Waals surface area contributed by atoms with Crippen molar-refractivity contribution < 1.29 is 14.1 Å². The second-order valence-electron chi connectivity index (χ2n) is 3.24. The van der Waals surface area contributed by atoms with Crippen LogP contribution in [0.4, 0.5) is 0 Å². The van der Waals surface area contributed by atoms with Gasteiger partial charge in [-0.05, 0) is 12.0 Å². The number of esters is 1. The SMILES string of the molecule is CCCCOC(=O)Cc1ccccc1.O=P. The highest BCUT2D eigenvalue weighted by Crippen LogP contribution is 2.01. The van der Waals surface area contributed by atoms with Crippen molar-refractivity contribution >= 4 is 15.1 Å². The monoisotopic (exact) mass is 240 g/mol. The normalized spacial score (nSPS) is 8.81. The summed E-state index contributed by atoms with van der Waals surface area (Å²) < 4.78 is 13.1. The van der Waals surface area contributed by atoms with E-state index in [1.807, 2.05) is 30.3 Å². The van der Waals surface area contributed by atoms with Crippen LogP contribution < -0.4 is 0 Å². The molecule has 0 aliphatic rings. The number of hydrogen-bond acceptors (Lipinski definition) is 3. The maximum absolute atomic E-state index is 11.3. The van der Waals surface area contributed by atoms with Crippen LogP contribution in [0.25, 0.3) is 0 Å². The van der Waals surface area contributed by atoms with E-state index >= 15 is 0 Å². The molecule has 0 atom stereocenters. The molecular formula is C12H17O3P. The maximum atomic E-state index is 11.3. The van der Waals surface area contributed by atoms with Gasteiger partial charge in [0.1, 0.15) is 9.12 Å². The molecule has 1 aromatic carbocycles. The van der Waals surface area contributed by atoms with E-state index in [2.05, 4.69) is 6.92 Å². The van der Waals surface area contributed by atoms with Crippen LogP contribution in [-0.4, -0.2) is 12.6 Å². The molecule has 0 saturated carbocycles. The Bertz CT molecular complexity index is 288. The Morgan fingerprint density at radius 1 is 1.25 bits per heavy atom. The van der Waals surface area contributed by atoms with Crippen LogP contribution in [0.3, 0.4) is 0 Å². The first-order chi connectivity index (χ1) is 7.83. The third kappa shape index (κ3) is 7.13. The number of unbranched alkanes of at least 4 members (excludes halogenated alkanes) is 1. The van der Waals surface area contributed by atoms with E-state index in [0.717, 1.165) is 18.4 Å². The Kier molecular flexibility index (Phi) is 9.53. The Hall–Kier alpha value is -1.21. The molecule has 1 rings (SSSR count). The summed E-state index contributed by atoms with van der Waals surface area (Å²) in [5, 5.41) is 0. The van der Waals surface area contributed by atoms with Crippen LogP contribution in [0.2, 0.25) is 0 Å². The molecule has 0 saturated heterocycles. The summed E-state index contributed by atoms with van der Waals surface area (Å²) in [6, 6.07) is 9.65. The molecule has 1 aromatic rings. The fourth-order valence-electron chi connectivity index (χ4n) is 1.14. The van der Waals surface area contributed by atoms with Crippen molar-refractivity contribution in [1.29, 1.82) is 0 Å². The fraction of sp³-hybridized carbons (Fsp3) is 0.417. The van der Waals surface area contributed by atoms with Crippen molar-refractivity contribution in [3.8, 4) is 0 Å². The molecule has 0 spiro atoms. The zero-order valence-corrected chi connectivity index (χ0v) is 10.4. The van der Waals surface area contributed by atoms with Crippen molar-refractivity contribution in [3.05, 3.63) is 35.9 Å². The largest absolute Gasteiger partial charge is 0.465 e. The molecule has 16 heavy (non-hydrogen) atoms. The Morgan fingerprint density at radius 3 is 2.44 bits per heavy atom. The van der Waals surface area contributed by atoms with E-state index in [-0.39, 0.29) is 5.97 Å². The van der Waals surface area contributed by atoms with Gasteiger partial charge in [0.15, 0.2) is 0 Å².